The molecule has 2 nitrogen and oxygen atoms in total. The summed E-state index contributed by atoms with van der Waals surface area (Å²) in [6.07, 6.45) is 1.85. The van der Waals surface area contributed by atoms with Crippen molar-refractivity contribution in [2.24, 2.45) is 0 Å². The second-order valence-corrected chi connectivity index (χ2v) is 6.16. The first-order valence-corrected chi connectivity index (χ1v) is 6.26. The van der Waals surface area contributed by atoms with Crippen LogP contribution in [-0.2, 0) is 21.6 Å². The van der Waals surface area contributed by atoms with Gasteiger partial charge < -0.3 is 0 Å². The lowest BCUT2D eigenvalue weighted by atomic mass is 10.4. The van der Waals surface area contributed by atoms with E-state index in [0.717, 1.165) is 12.8 Å². The molecule has 1 rings (SSSR count). The molecule has 1 heterocycles. The number of rotatable bonds is 2. The van der Waals surface area contributed by atoms with Crippen LogP contribution in [0.5, 0.6) is 0 Å². The summed E-state index contributed by atoms with van der Waals surface area (Å²) < 4.78 is 22.2. The third kappa shape index (κ3) is 1.66. The molecular formula is C6H12O2S2. The summed E-state index contributed by atoms with van der Waals surface area (Å²) in [7, 11) is -1.58. The van der Waals surface area contributed by atoms with Crippen molar-refractivity contribution >= 4 is 21.6 Å². The average molecular weight is 180 g/mol. The Morgan fingerprint density at radius 3 is 2.20 bits per heavy atom. The fraction of sp³-hybridized carbons (Fsp3) is 1.00. The van der Waals surface area contributed by atoms with Gasteiger partial charge in [0.25, 0.3) is 0 Å². The quantitative estimate of drug-likeness (QED) is 0.624. The van der Waals surface area contributed by atoms with Crippen LogP contribution in [0.25, 0.3) is 0 Å². The molecule has 0 unspecified atom stereocenters. The van der Waals surface area contributed by atoms with Crippen molar-refractivity contribution in [1.29, 1.82) is 0 Å². The zero-order valence-electron chi connectivity index (χ0n) is 6.04. The zero-order valence-corrected chi connectivity index (χ0v) is 7.67. The Labute approximate surface area is 66.3 Å². The van der Waals surface area contributed by atoms with Crippen LogP contribution >= 0.6 is 0 Å². The molecule has 2 atom stereocenters. The standard InChI is InChI=1S/C6H12O2S2/c1-2-3-6-9(7)4-5-10(6)8/h6H,2-5H2,1H3/t9-,10-/m0/s1. The summed E-state index contributed by atoms with van der Waals surface area (Å²) in [5, 5.41) is 0. The first-order chi connectivity index (χ1) is 4.75. The molecule has 0 spiro atoms. The molecule has 0 amide bonds. The summed E-state index contributed by atoms with van der Waals surface area (Å²) >= 11 is 0. The van der Waals surface area contributed by atoms with E-state index < -0.39 is 21.6 Å². The van der Waals surface area contributed by atoms with Gasteiger partial charge in [-0.1, -0.05) is 13.3 Å². The third-order valence-electron chi connectivity index (χ3n) is 1.60. The van der Waals surface area contributed by atoms with Crippen molar-refractivity contribution in [3.63, 3.8) is 0 Å². The summed E-state index contributed by atoms with van der Waals surface area (Å²) in [4.78, 5) is 0. The lowest BCUT2D eigenvalue weighted by Crippen LogP contribution is -2.12. The molecule has 0 bridgehead atoms. The zero-order chi connectivity index (χ0) is 7.56. The summed E-state index contributed by atoms with van der Waals surface area (Å²) in [6.45, 7) is 2.03. The van der Waals surface area contributed by atoms with Crippen LogP contribution in [0.15, 0.2) is 0 Å². The van der Waals surface area contributed by atoms with E-state index in [-0.39, 0.29) is 4.58 Å². The van der Waals surface area contributed by atoms with E-state index in [9.17, 15) is 8.42 Å². The fourth-order valence-electron chi connectivity index (χ4n) is 1.05. The minimum Gasteiger partial charge on any atom is -0.258 e. The normalized spacial score (nSPS) is 34.9. The van der Waals surface area contributed by atoms with E-state index in [2.05, 4.69) is 0 Å². The van der Waals surface area contributed by atoms with E-state index in [1.807, 2.05) is 6.92 Å². The molecule has 0 saturated carbocycles. The van der Waals surface area contributed by atoms with Gasteiger partial charge in [-0.15, -0.1) is 0 Å². The molecule has 60 valence electrons. The van der Waals surface area contributed by atoms with Gasteiger partial charge in [-0.25, -0.2) is 0 Å². The molecule has 4 heteroatoms. The highest BCUT2D eigenvalue weighted by Crippen LogP contribution is 2.16. The van der Waals surface area contributed by atoms with Crippen molar-refractivity contribution in [2.45, 2.75) is 24.3 Å². The van der Waals surface area contributed by atoms with Crippen LogP contribution in [0.3, 0.4) is 0 Å². The molecule has 0 N–H and O–H groups in total. The van der Waals surface area contributed by atoms with Gasteiger partial charge in [-0.2, -0.15) is 0 Å². The average Bonchev–Trinajstić information content (AvgIpc) is 2.20. The molecule has 0 aromatic carbocycles. The lowest BCUT2D eigenvalue weighted by Gasteiger charge is -2.02. The highest BCUT2D eigenvalue weighted by molar-refractivity contribution is 8.06. The van der Waals surface area contributed by atoms with E-state index in [1.54, 1.807) is 0 Å². The third-order valence-corrected chi connectivity index (χ3v) is 6.00. The highest BCUT2D eigenvalue weighted by atomic mass is 32.3. The van der Waals surface area contributed by atoms with Crippen molar-refractivity contribution in [3.8, 4) is 0 Å². The Bertz CT molecular complexity index is 151. The first kappa shape index (κ1) is 8.40. The van der Waals surface area contributed by atoms with Gasteiger partial charge in [-0.3, -0.25) is 8.42 Å². The fourth-order valence-corrected chi connectivity index (χ4v) is 5.42. The van der Waals surface area contributed by atoms with Gasteiger partial charge in [0.15, 0.2) is 0 Å². The van der Waals surface area contributed by atoms with Crippen LogP contribution in [0.2, 0.25) is 0 Å². The SMILES string of the molecule is CCCC1[S@@](=O)CC[S@@]1=O. The minimum atomic E-state index is -0.791. The van der Waals surface area contributed by atoms with Gasteiger partial charge >= 0.3 is 0 Å². The second-order valence-electron chi connectivity index (χ2n) is 2.39. The Kier molecular flexibility index (Phi) is 3.04. The van der Waals surface area contributed by atoms with Crippen LogP contribution in [-0.4, -0.2) is 24.5 Å². The Hall–Kier alpha value is 0.300. The number of hydrogen-bond donors (Lipinski definition) is 0. The molecule has 1 saturated heterocycles. The Morgan fingerprint density at radius 2 is 1.80 bits per heavy atom. The monoisotopic (exact) mass is 180 g/mol. The van der Waals surface area contributed by atoms with Gasteiger partial charge in [0, 0.05) is 33.1 Å². The van der Waals surface area contributed by atoms with Crippen LogP contribution in [0.4, 0.5) is 0 Å². The molecule has 0 aromatic heterocycles. The second kappa shape index (κ2) is 3.62. The topological polar surface area (TPSA) is 34.1 Å². The van der Waals surface area contributed by atoms with Gasteiger partial charge in [0.05, 0.1) is 0 Å². The minimum absolute atomic E-state index is 0.00926. The lowest BCUT2D eigenvalue weighted by molar-refractivity contribution is 0.669. The molecule has 0 aromatic rings. The maximum absolute atomic E-state index is 11.1. The molecule has 1 aliphatic rings. The molecule has 1 aliphatic heterocycles. The van der Waals surface area contributed by atoms with Crippen molar-refractivity contribution < 1.29 is 8.42 Å². The molecular weight excluding hydrogens is 168 g/mol. The summed E-state index contributed by atoms with van der Waals surface area (Å²) in [6, 6.07) is 0. The molecule has 0 radical (unpaired) electrons. The molecule has 10 heavy (non-hydrogen) atoms. The Balaban J connectivity index is 2.54. The summed E-state index contributed by atoms with van der Waals surface area (Å²) in [5.74, 6) is 1.30. The largest absolute Gasteiger partial charge is 0.258 e. The van der Waals surface area contributed by atoms with Crippen molar-refractivity contribution in [1.82, 2.24) is 0 Å². The van der Waals surface area contributed by atoms with E-state index in [0.29, 0.717) is 11.5 Å². The van der Waals surface area contributed by atoms with Crippen LogP contribution in [0, 0.1) is 0 Å². The maximum Gasteiger partial charge on any atom is 0.110 e. The van der Waals surface area contributed by atoms with Crippen molar-refractivity contribution in [2.75, 3.05) is 11.5 Å². The number of hydrogen-bond acceptors (Lipinski definition) is 2. The highest BCUT2D eigenvalue weighted by Gasteiger charge is 2.29. The van der Waals surface area contributed by atoms with Crippen molar-refractivity contribution in [3.05, 3.63) is 0 Å². The van der Waals surface area contributed by atoms with Crippen LogP contribution in [0.1, 0.15) is 19.8 Å². The van der Waals surface area contributed by atoms with Gasteiger partial charge in [-0.05, 0) is 6.42 Å². The van der Waals surface area contributed by atoms with E-state index >= 15 is 0 Å². The smallest absolute Gasteiger partial charge is 0.110 e. The summed E-state index contributed by atoms with van der Waals surface area (Å²) in [5.41, 5.74) is 0. The van der Waals surface area contributed by atoms with Crippen LogP contribution < -0.4 is 0 Å². The van der Waals surface area contributed by atoms with E-state index in [1.165, 1.54) is 0 Å². The molecule has 0 aliphatic carbocycles. The predicted octanol–water partition coefficient (Wildman–Crippen LogP) is 0.624. The van der Waals surface area contributed by atoms with Gasteiger partial charge in [0.2, 0.25) is 0 Å². The maximum atomic E-state index is 11.1. The Morgan fingerprint density at radius 1 is 1.30 bits per heavy atom. The first-order valence-electron chi connectivity index (χ1n) is 3.50. The van der Waals surface area contributed by atoms with E-state index in [4.69, 9.17) is 0 Å². The van der Waals surface area contributed by atoms with Gasteiger partial charge in [0.1, 0.15) is 4.58 Å². The molecule has 1 fully saturated rings. The predicted molar refractivity (Wildman–Crippen MR) is 44.7 cm³/mol.